The fourth-order valence-corrected chi connectivity index (χ4v) is 1.68. The van der Waals surface area contributed by atoms with Crippen LogP contribution in [0.2, 0.25) is 0 Å². The third kappa shape index (κ3) is 2.54. The molecule has 0 saturated carbocycles. The smallest absolute Gasteiger partial charge is 0.166 e. The van der Waals surface area contributed by atoms with E-state index >= 15 is 0 Å². The number of rotatable bonds is 3. The van der Waals surface area contributed by atoms with Gasteiger partial charge in [0.25, 0.3) is 0 Å². The van der Waals surface area contributed by atoms with Gasteiger partial charge in [0.15, 0.2) is 5.79 Å². The molecule has 0 radical (unpaired) electrons. The molecule has 0 aromatic heterocycles. The van der Waals surface area contributed by atoms with Gasteiger partial charge in [0.05, 0.1) is 6.10 Å². The molecule has 0 aromatic carbocycles. The summed E-state index contributed by atoms with van der Waals surface area (Å²) in [6.45, 7) is 7.45. The predicted octanol–water partition coefficient (Wildman–Crippen LogP) is 0.436. The van der Waals surface area contributed by atoms with E-state index in [1.54, 1.807) is 6.92 Å². The van der Waals surface area contributed by atoms with Gasteiger partial charge in [0.1, 0.15) is 12.2 Å². The average molecular weight is 202 g/mol. The molecule has 4 heteroatoms. The SMILES string of the molecule is C=CC1OC(C)(O)CC(OCC)C1O. The van der Waals surface area contributed by atoms with E-state index in [-0.39, 0.29) is 6.42 Å². The maximum atomic E-state index is 9.76. The Morgan fingerprint density at radius 1 is 1.71 bits per heavy atom. The Labute approximate surface area is 84.1 Å². The Kier molecular flexibility index (Phi) is 3.66. The third-order valence-corrected chi connectivity index (χ3v) is 2.30. The Balaban J connectivity index is 2.70. The Morgan fingerprint density at radius 3 is 2.86 bits per heavy atom. The minimum absolute atomic E-state index is 0.270. The molecule has 0 spiro atoms. The molecule has 0 bridgehead atoms. The molecule has 1 aliphatic heterocycles. The molecular formula is C10H18O4. The minimum Gasteiger partial charge on any atom is -0.387 e. The molecule has 4 nitrogen and oxygen atoms in total. The molecule has 0 amide bonds. The first-order valence-corrected chi connectivity index (χ1v) is 4.82. The lowest BCUT2D eigenvalue weighted by Crippen LogP contribution is -2.53. The second kappa shape index (κ2) is 4.40. The van der Waals surface area contributed by atoms with Crippen molar-refractivity contribution in [3.63, 3.8) is 0 Å². The van der Waals surface area contributed by atoms with Crippen LogP contribution in [0.3, 0.4) is 0 Å². The number of hydrogen-bond donors (Lipinski definition) is 2. The zero-order valence-electron chi connectivity index (χ0n) is 8.64. The van der Waals surface area contributed by atoms with Crippen LogP contribution < -0.4 is 0 Å². The van der Waals surface area contributed by atoms with Crippen LogP contribution >= 0.6 is 0 Å². The predicted molar refractivity (Wildman–Crippen MR) is 51.7 cm³/mol. The highest BCUT2D eigenvalue weighted by atomic mass is 16.6. The summed E-state index contributed by atoms with van der Waals surface area (Å²) in [4.78, 5) is 0. The first-order chi connectivity index (χ1) is 6.50. The molecule has 1 aliphatic rings. The monoisotopic (exact) mass is 202 g/mol. The zero-order valence-corrected chi connectivity index (χ0v) is 8.64. The van der Waals surface area contributed by atoms with Crippen molar-refractivity contribution in [2.75, 3.05) is 6.61 Å². The van der Waals surface area contributed by atoms with Crippen molar-refractivity contribution in [1.29, 1.82) is 0 Å². The fourth-order valence-electron chi connectivity index (χ4n) is 1.68. The summed E-state index contributed by atoms with van der Waals surface area (Å²) in [5, 5.41) is 19.5. The third-order valence-electron chi connectivity index (χ3n) is 2.30. The van der Waals surface area contributed by atoms with Gasteiger partial charge < -0.3 is 19.7 Å². The van der Waals surface area contributed by atoms with Gasteiger partial charge in [0.2, 0.25) is 0 Å². The van der Waals surface area contributed by atoms with Crippen LogP contribution in [0.1, 0.15) is 20.3 Å². The molecule has 14 heavy (non-hydrogen) atoms. The van der Waals surface area contributed by atoms with E-state index in [4.69, 9.17) is 9.47 Å². The van der Waals surface area contributed by atoms with Gasteiger partial charge in [-0.25, -0.2) is 0 Å². The summed E-state index contributed by atoms with van der Waals surface area (Å²) in [5.41, 5.74) is 0. The lowest BCUT2D eigenvalue weighted by molar-refractivity contribution is -0.285. The van der Waals surface area contributed by atoms with E-state index in [0.717, 1.165) is 0 Å². The first kappa shape index (κ1) is 11.7. The van der Waals surface area contributed by atoms with Gasteiger partial charge in [0, 0.05) is 13.0 Å². The van der Waals surface area contributed by atoms with E-state index in [0.29, 0.717) is 6.61 Å². The lowest BCUT2D eigenvalue weighted by atomic mass is 9.96. The van der Waals surface area contributed by atoms with E-state index in [2.05, 4.69) is 6.58 Å². The average Bonchev–Trinajstić information content (AvgIpc) is 2.11. The highest BCUT2D eigenvalue weighted by Gasteiger charge is 2.42. The van der Waals surface area contributed by atoms with Gasteiger partial charge in [-0.2, -0.15) is 0 Å². The number of ether oxygens (including phenoxy) is 2. The number of aliphatic hydroxyl groups excluding tert-OH is 1. The van der Waals surface area contributed by atoms with Crippen molar-refractivity contribution < 1.29 is 19.7 Å². The second-order valence-corrected chi connectivity index (χ2v) is 3.68. The molecule has 82 valence electrons. The zero-order chi connectivity index (χ0) is 10.8. The lowest BCUT2D eigenvalue weighted by Gasteiger charge is -2.41. The summed E-state index contributed by atoms with van der Waals surface area (Å²) in [6.07, 6.45) is 0.0196. The van der Waals surface area contributed by atoms with Crippen molar-refractivity contribution in [3.05, 3.63) is 12.7 Å². The van der Waals surface area contributed by atoms with Gasteiger partial charge in [-0.05, 0) is 13.8 Å². The largest absolute Gasteiger partial charge is 0.387 e. The van der Waals surface area contributed by atoms with E-state index in [9.17, 15) is 10.2 Å². The maximum absolute atomic E-state index is 9.76. The molecule has 0 aliphatic carbocycles. The molecular weight excluding hydrogens is 184 g/mol. The van der Waals surface area contributed by atoms with Crippen molar-refractivity contribution in [2.24, 2.45) is 0 Å². The normalized spacial score (nSPS) is 43.6. The van der Waals surface area contributed by atoms with Crippen LogP contribution in [0.4, 0.5) is 0 Å². The van der Waals surface area contributed by atoms with Crippen LogP contribution in [-0.2, 0) is 9.47 Å². The summed E-state index contributed by atoms with van der Waals surface area (Å²) < 4.78 is 10.5. The van der Waals surface area contributed by atoms with Crippen molar-refractivity contribution in [2.45, 2.75) is 44.4 Å². The summed E-state index contributed by atoms with van der Waals surface area (Å²) in [5.74, 6) is -1.25. The number of aliphatic hydroxyl groups is 2. The quantitative estimate of drug-likeness (QED) is 0.652. The van der Waals surface area contributed by atoms with Gasteiger partial charge in [-0.3, -0.25) is 0 Å². The van der Waals surface area contributed by atoms with Crippen LogP contribution in [0.25, 0.3) is 0 Å². The highest BCUT2D eigenvalue weighted by molar-refractivity contribution is 4.96. The molecule has 4 unspecified atom stereocenters. The molecule has 1 fully saturated rings. The fraction of sp³-hybridized carbons (Fsp3) is 0.800. The van der Waals surface area contributed by atoms with Crippen LogP contribution in [0, 0.1) is 0 Å². The minimum atomic E-state index is -1.25. The van der Waals surface area contributed by atoms with Crippen LogP contribution in [0.5, 0.6) is 0 Å². The summed E-state index contributed by atoms with van der Waals surface area (Å²) in [6, 6.07) is 0. The van der Waals surface area contributed by atoms with Crippen LogP contribution in [0.15, 0.2) is 12.7 Å². The van der Waals surface area contributed by atoms with Crippen molar-refractivity contribution in [3.8, 4) is 0 Å². The Morgan fingerprint density at radius 2 is 2.36 bits per heavy atom. The highest BCUT2D eigenvalue weighted by Crippen LogP contribution is 2.29. The van der Waals surface area contributed by atoms with Gasteiger partial charge in [-0.15, -0.1) is 6.58 Å². The Hall–Kier alpha value is -0.420. The molecule has 2 N–H and O–H groups in total. The van der Waals surface area contributed by atoms with Crippen molar-refractivity contribution >= 4 is 0 Å². The second-order valence-electron chi connectivity index (χ2n) is 3.68. The van der Waals surface area contributed by atoms with Gasteiger partial charge in [-0.1, -0.05) is 6.08 Å². The standard InChI is InChI=1S/C10H18O4/c1-4-7-9(11)8(13-5-2)6-10(3,12)14-7/h4,7-9,11-12H,1,5-6H2,2-3H3. The van der Waals surface area contributed by atoms with E-state index < -0.39 is 24.1 Å². The van der Waals surface area contributed by atoms with Crippen LogP contribution in [-0.4, -0.2) is 40.9 Å². The summed E-state index contributed by atoms with van der Waals surface area (Å²) in [7, 11) is 0. The van der Waals surface area contributed by atoms with Crippen molar-refractivity contribution in [1.82, 2.24) is 0 Å². The van der Waals surface area contributed by atoms with Gasteiger partial charge >= 0.3 is 0 Å². The van der Waals surface area contributed by atoms with E-state index in [1.807, 2.05) is 6.92 Å². The molecule has 1 saturated heterocycles. The molecule has 1 rings (SSSR count). The molecule has 1 heterocycles. The topological polar surface area (TPSA) is 58.9 Å². The Bertz CT molecular complexity index is 202. The number of hydrogen-bond acceptors (Lipinski definition) is 4. The maximum Gasteiger partial charge on any atom is 0.166 e. The van der Waals surface area contributed by atoms with E-state index in [1.165, 1.54) is 6.08 Å². The summed E-state index contributed by atoms with van der Waals surface area (Å²) >= 11 is 0. The molecule has 0 aromatic rings. The first-order valence-electron chi connectivity index (χ1n) is 4.82. The molecule has 4 atom stereocenters.